The minimum atomic E-state index is -2.99. The summed E-state index contributed by atoms with van der Waals surface area (Å²) in [5.74, 6) is 0.171. The predicted molar refractivity (Wildman–Crippen MR) is 181 cm³/mol. The first kappa shape index (κ1) is 29.3. The molecule has 0 radical (unpaired) electrons. The van der Waals surface area contributed by atoms with Gasteiger partial charge in [-0.25, -0.2) is 0 Å². The van der Waals surface area contributed by atoms with E-state index in [2.05, 4.69) is 165 Å². The molecular weight excluding hydrogens is 525 g/mol. The number of benzene rings is 5. The minimum Gasteiger partial charge on any atom is -0.397 e. The zero-order chi connectivity index (χ0) is 29.2. The Bertz CT molecular complexity index is 1410. The van der Waals surface area contributed by atoms with Crippen LogP contribution in [0.4, 0.5) is 0 Å². The molecule has 0 amide bonds. The van der Waals surface area contributed by atoms with Crippen molar-refractivity contribution in [3.8, 4) is 0 Å². The van der Waals surface area contributed by atoms with Crippen molar-refractivity contribution in [2.45, 2.75) is 32.3 Å². The summed E-state index contributed by atoms with van der Waals surface area (Å²) in [7, 11) is -2.99. The first-order valence-corrected chi connectivity index (χ1v) is 16.7. The lowest BCUT2D eigenvalue weighted by Gasteiger charge is -2.40. The fourth-order valence-corrected chi connectivity index (χ4v) is 10.2. The summed E-state index contributed by atoms with van der Waals surface area (Å²) in [6.07, 6.45) is 2.30. The maximum absolute atomic E-state index is 7.86. The van der Waals surface area contributed by atoms with Crippen LogP contribution in [0.25, 0.3) is 0 Å². The summed E-state index contributed by atoms with van der Waals surface area (Å²) in [5.41, 5.74) is 4.79. The lowest BCUT2D eigenvalue weighted by molar-refractivity contribution is 0.163. The largest absolute Gasteiger partial charge is 0.397 e. The highest BCUT2D eigenvalue weighted by Crippen LogP contribution is 2.30. The maximum atomic E-state index is 7.86. The molecule has 0 bridgehead atoms. The second-order valence-corrected chi connectivity index (χ2v) is 14.6. The van der Waals surface area contributed by atoms with Crippen LogP contribution in [0.2, 0.25) is 0 Å². The van der Waals surface area contributed by atoms with Gasteiger partial charge < -0.3 is 4.43 Å². The van der Waals surface area contributed by atoms with E-state index in [-0.39, 0.29) is 12.0 Å². The molecule has 42 heavy (non-hydrogen) atoms. The fraction of sp³-hybridized carbons (Fsp3) is 0.150. The molecular formula is C40H40OSi. The average molecular weight is 565 g/mol. The molecule has 5 aromatic rings. The molecule has 0 aromatic heterocycles. The smallest absolute Gasteiger partial charge is 0.288 e. The van der Waals surface area contributed by atoms with Gasteiger partial charge in [0.25, 0.3) is 8.32 Å². The quantitative estimate of drug-likeness (QED) is 0.0810. The van der Waals surface area contributed by atoms with E-state index in [4.69, 9.17) is 11.0 Å². The van der Waals surface area contributed by atoms with Gasteiger partial charge in [-0.3, -0.25) is 0 Å². The summed E-state index contributed by atoms with van der Waals surface area (Å²) in [4.78, 5) is 0. The van der Waals surface area contributed by atoms with E-state index in [1.54, 1.807) is 0 Å². The summed E-state index contributed by atoms with van der Waals surface area (Å²) >= 11 is 0. The summed E-state index contributed by atoms with van der Waals surface area (Å²) < 4.78 is 7.86. The van der Waals surface area contributed by atoms with Gasteiger partial charge in [-0.1, -0.05) is 170 Å². The highest BCUT2D eigenvalue weighted by molar-refractivity contribution is 7.07. The molecule has 5 aromatic carbocycles. The minimum absolute atomic E-state index is 0.171. The van der Waals surface area contributed by atoms with Crippen molar-refractivity contribution in [1.29, 1.82) is 0 Å². The monoisotopic (exact) mass is 564 g/mol. The second kappa shape index (κ2) is 14.1. The Labute approximate surface area is 253 Å². The van der Waals surface area contributed by atoms with Crippen molar-refractivity contribution in [2.24, 2.45) is 5.92 Å². The van der Waals surface area contributed by atoms with Crippen LogP contribution >= 0.6 is 0 Å². The van der Waals surface area contributed by atoms with Crippen molar-refractivity contribution in [1.82, 2.24) is 0 Å². The Kier molecular flexibility index (Phi) is 9.81. The molecule has 0 N–H and O–H groups in total. The summed E-state index contributed by atoms with van der Waals surface area (Å²) in [6.45, 7) is 11.1. The van der Waals surface area contributed by atoms with Crippen LogP contribution in [-0.2, 0) is 17.3 Å². The first-order valence-electron chi connectivity index (χ1n) is 14.8. The van der Waals surface area contributed by atoms with Gasteiger partial charge in [-0.05, 0) is 64.4 Å². The van der Waals surface area contributed by atoms with E-state index < -0.39 is 8.32 Å². The van der Waals surface area contributed by atoms with E-state index in [9.17, 15) is 0 Å². The Morgan fingerprint density at radius 3 is 1.21 bits per heavy atom. The second-order valence-electron chi connectivity index (χ2n) is 11.2. The van der Waals surface area contributed by atoms with E-state index in [0.717, 1.165) is 30.4 Å². The number of hydrogen-bond donors (Lipinski definition) is 0. The molecule has 1 atom stereocenters. The summed E-state index contributed by atoms with van der Waals surface area (Å²) in [6, 6.07) is 54.1. The topological polar surface area (TPSA) is 9.23 Å². The molecule has 0 spiro atoms. The molecule has 0 aliphatic carbocycles. The zero-order valence-corrected chi connectivity index (χ0v) is 25.5. The number of hydrogen-bond acceptors (Lipinski definition) is 1. The maximum Gasteiger partial charge on any atom is 0.288 e. The Morgan fingerprint density at radius 1 is 0.548 bits per heavy atom. The van der Waals surface area contributed by atoms with Gasteiger partial charge in [-0.15, -0.1) is 0 Å². The van der Waals surface area contributed by atoms with Gasteiger partial charge >= 0.3 is 0 Å². The van der Waals surface area contributed by atoms with Crippen molar-refractivity contribution >= 4 is 23.9 Å². The molecule has 2 heteroatoms. The van der Waals surface area contributed by atoms with Gasteiger partial charge in [0, 0.05) is 0 Å². The van der Waals surface area contributed by atoms with Crippen LogP contribution in [0.3, 0.4) is 0 Å². The standard InChI is InChI=1S/C40H40OSi/c1-32(2)29-33(3)40(36(30-34-19-9-4-10-20-34)31-35-21-11-5-12-22-35)41-42(37-23-13-6-14-24-37,38-25-15-7-16-26-38)39-27-17-8-18-28-39/h4-28,36,40H,1,3,29-31H2,2H3. The molecule has 210 valence electrons. The van der Waals surface area contributed by atoms with Crippen LogP contribution in [0.5, 0.6) is 0 Å². The highest BCUT2D eigenvalue weighted by atomic mass is 28.4. The van der Waals surface area contributed by atoms with Crippen LogP contribution in [-0.4, -0.2) is 14.4 Å². The van der Waals surface area contributed by atoms with Gasteiger partial charge in [-0.2, -0.15) is 0 Å². The van der Waals surface area contributed by atoms with Crippen molar-refractivity contribution < 1.29 is 4.43 Å². The molecule has 0 aliphatic rings. The van der Waals surface area contributed by atoms with Gasteiger partial charge in [0.1, 0.15) is 0 Å². The molecule has 5 rings (SSSR count). The SMILES string of the molecule is C=C(C)CC(=C)C(O[Si](c1ccccc1)(c1ccccc1)c1ccccc1)C(Cc1ccccc1)Cc1ccccc1. The van der Waals surface area contributed by atoms with E-state index in [0.29, 0.717) is 0 Å². The molecule has 0 saturated carbocycles. The normalized spacial score (nSPS) is 12.1. The molecule has 1 nitrogen and oxygen atoms in total. The Hall–Kier alpha value is -4.24. The van der Waals surface area contributed by atoms with Crippen molar-refractivity contribution in [3.05, 3.63) is 187 Å². The molecule has 0 saturated heterocycles. The third-order valence-electron chi connectivity index (χ3n) is 7.89. The molecule has 0 fully saturated rings. The van der Waals surface area contributed by atoms with Crippen LogP contribution in [0.15, 0.2) is 176 Å². The average Bonchev–Trinajstić information content (AvgIpc) is 3.03. The van der Waals surface area contributed by atoms with E-state index >= 15 is 0 Å². The fourth-order valence-electron chi connectivity index (χ4n) is 6.03. The van der Waals surface area contributed by atoms with Crippen LogP contribution < -0.4 is 15.6 Å². The molecule has 0 aliphatic heterocycles. The van der Waals surface area contributed by atoms with E-state index in [1.165, 1.54) is 26.7 Å². The number of allylic oxidation sites excluding steroid dienone is 1. The first-order chi connectivity index (χ1) is 20.6. The van der Waals surface area contributed by atoms with Crippen LogP contribution in [0, 0.1) is 5.92 Å². The molecule has 0 heterocycles. The number of rotatable bonds is 13. The lowest BCUT2D eigenvalue weighted by Crippen LogP contribution is -2.71. The Morgan fingerprint density at radius 2 is 0.881 bits per heavy atom. The van der Waals surface area contributed by atoms with Crippen molar-refractivity contribution in [3.63, 3.8) is 0 Å². The third-order valence-corrected chi connectivity index (χ3v) is 11.9. The molecule has 1 unspecified atom stereocenters. The Balaban J connectivity index is 1.71. The van der Waals surface area contributed by atoms with Gasteiger partial charge in [0.2, 0.25) is 0 Å². The lowest BCUT2D eigenvalue weighted by atomic mass is 9.84. The zero-order valence-electron chi connectivity index (χ0n) is 24.5. The highest BCUT2D eigenvalue weighted by Gasteiger charge is 2.45. The predicted octanol–water partition coefficient (Wildman–Crippen LogP) is 7.66. The van der Waals surface area contributed by atoms with E-state index in [1.807, 2.05) is 0 Å². The van der Waals surface area contributed by atoms with Gasteiger partial charge in [0.15, 0.2) is 0 Å². The van der Waals surface area contributed by atoms with Crippen molar-refractivity contribution in [2.75, 3.05) is 0 Å². The summed E-state index contributed by atoms with van der Waals surface area (Å²) in [5, 5.41) is 3.69. The van der Waals surface area contributed by atoms with Gasteiger partial charge in [0.05, 0.1) is 6.10 Å². The third kappa shape index (κ3) is 6.96. The van der Waals surface area contributed by atoms with Crippen LogP contribution in [0.1, 0.15) is 24.5 Å².